The third-order valence-corrected chi connectivity index (χ3v) is 2.57. The molecular formula is C11H7ClN2O3. The highest BCUT2D eigenvalue weighted by Crippen LogP contribution is 2.25. The number of carbonyl (C=O) groups is 3. The summed E-state index contributed by atoms with van der Waals surface area (Å²) in [5.41, 5.74) is -0.0578. The zero-order chi connectivity index (χ0) is 12.6. The Morgan fingerprint density at radius 1 is 1.35 bits per heavy atom. The standard InChI is InChI=1S/C11H7ClN2O3/c1-5(15)14-9-7(12)10(16)6-3-2-4-13-8(6)11(9)17/h2-4H,1H3,(H,14,15). The minimum Gasteiger partial charge on any atom is -0.322 e. The molecule has 86 valence electrons. The van der Waals surface area contributed by atoms with Crippen LogP contribution in [0.3, 0.4) is 0 Å². The van der Waals surface area contributed by atoms with E-state index in [1.807, 2.05) is 0 Å². The molecule has 0 bridgehead atoms. The molecule has 0 fully saturated rings. The molecule has 1 aliphatic rings. The zero-order valence-electron chi connectivity index (χ0n) is 8.78. The molecule has 1 aromatic heterocycles. The molecule has 1 aliphatic carbocycles. The van der Waals surface area contributed by atoms with Gasteiger partial charge in [0, 0.05) is 13.1 Å². The predicted octanol–water partition coefficient (Wildman–Crippen LogP) is 1.05. The predicted molar refractivity (Wildman–Crippen MR) is 59.6 cm³/mol. The number of pyridine rings is 1. The molecule has 1 amide bonds. The molecule has 0 aromatic carbocycles. The Kier molecular flexibility index (Phi) is 2.77. The van der Waals surface area contributed by atoms with Gasteiger partial charge in [-0.05, 0) is 12.1 Å². The first-order valence-electron chi connectivity index (χ1n) is 4.74. The summed E-state index contributed by atoms with van der Waals surface area (Å²) in [7, 11) is 0. The number of hydrogen-bond acceptors (Lipinski definition) is 4. The number of aromatic nitrogens is 1. The second kappa shape index (κ2) is 4.10. The molecule has 2 rings (SSSR count). The summed E-state index contributed by atoms with van der Waals surface area (Å²) in [6.07, 6.45) is 1.40. The molecule has 0 saturated heterocycles. The first kappa shape index (κ1) is 11.5. The van der Waals surface area contributed by atoms with Crippen LogP contribution in [-0.2, 0) is 4.79 Å². The van der Waals surface area contributed by atoms with Gasteiger partial charge in [-0.25, -0.2) is 0 Å². The number of halogens is 1. The molecule has 0 radical (unpaired) electrons. The summed E-state index contributed by atoms with van der Waals surface area (Å²) < 4.78 is 0. The Bertz CT molecular complexity index is 578. The highest BCUT2D eigenvalue weighted by molar-refractivity contribution is 6.49. The fraction of sp³-hybridized carbons (Fsp3) is 0.0909. The highest BCUT2D eigenvalue weighted by atomic mass is 35.5. The van der Waals surface area contributed by atoms with Gasteiger partial charge in [0.1, 0.15) is 16.4 Å². The van der Waals surface area contributed by atoms with Crippen LogP contribution in [0.1, 0.15) is 27.8 Å². The van der Waals surface area contributed by atoms with Gasteiger partial charge in [-0.3, -0.25) is 19.4 Å². The summed E-state index contributed by atoms with van der Waals surface area (Å²) >= 11 is 5.77. The maximum atomic E-state index is 11.9. The Balaban J connectivity index is 2.58. The molecule has 0 aliphatic heterocycles. The van der Waals surface area contributed by atoms with E-state index in [1.165, 1.54) is 25.3 Å². The summed E-state index contributed by atoms with van der Waals surface area (Å²) in [6.45, 7) is 1.23. The highest BCUT2D eigenvalue weighted by Gasteiger charge is 2.32. The number of nitrogens with one attached hydrogen (secondary N) is 1. The monoisotopic (exact) mass is 250 g/mol. The number of ketones is 2. The quantitative estimate of drug-likeness (QED) is 0.808. The van der Waals surface area contributed by atoms with Crippen LogP contribution < -0.4 is 5.32 Å². The van der Waals surface area contributed by atoms with Crippen molar-refractivity contribution in [2.24, 2.45) is 0 Å². The van der Waals surface area contributed by atoms with Crippen LogP contribution >= 0.6 is 11.6 Å². The summed E-state index contributed by atoms with van der Waals surface area (Å²) in [5.74, 6) is -1.54. The molecule has 0 atom stereocenters. The summed E-state index contributed by atoms with van der Waals surface area (Å²) in [4.78, 5) is 38.5. The van der Waals surface area contributed by atoms with E-state index in [4.69, 9.17) is 11.6 Å². The van der Waals surface area contributed by atoms with Gasteiger partial charge in [0.2, 0.25) is 17.5 Å². The van der Waals surface area contributed by atoms with Gasteiger partial charge >= 0.3 is 0 Å². The molecule has 5 nitrogen and oxygen atoms in total. The van der Waals surface area contributed by atoms with Crippen LogP contribution in [-0.4, -0.2) is 22.5 Å². The van der Waals surface area contributed by atoms with Crippen LogP contribution in [0.5, 0.6) is 0 Å². The van der Waals surface area contributed by atoms with Crippen molar-refractivity contribution in [1.82, 2.24) is 10.3 Å². The van der Waals surface area contributed by atoms with Gasteiger partial charge in [0.15, 0.2) is 0 Å². The van der Waals surface area contributed by atoms with Crippen LogP contribution in [0.25, 0.3) is 0 Å². The van der Waals surface area contributed by atoms with Crippen molar-refractivity contribution in [3.05, 3.63) is 40.3 Å². The van der Waals surface area contributed by atoms with Crippen molar-refractivity contribution < 1.29 is 14.4 Å². The molecule has 1 aromatic rings. The minimum absolute atomic E-state index is 0.00523. The van der Waals surface area contributed by atoms with E-state index in [0.717, 1.165) is 0 Å². The van der Waals surface area contributed by atoms with Crippen LogP contribution in [0.4, 0.5) is 0 Å². The van der Waals surface area contributed by atoms with Crippen molar-refractivity contribution in [3.8, 4) is 0 Å². The van der Waals surface area contributed by atoms with E-state index in [-0.39, 0.29) is 22.0 Å². The second-order valence-corrected chi connectivity index (χ2v) is 3.81. The average molecular weight is 251 g/mol. The summed E-state index contributed by atoms with van der Waals surface area (Å²) in [6, 6.07) is 3.01. The first-order valence-corrected chi connectivity index (χ1v) is 5.12. The van der Waals surface area contributed by atoms with Gasteiger partial charge in [-0.1, -0.05) is 11.6 Å². The number of hydrogen-bond donors (Lipinski definition) is 1. The van der Waals surface area contributed by atoms with Gasteiger partial charge in [-0.15, -0.1) is 0 Å². The lowest BCUT2D eigenvalue weighted by Gasteiger charge is -2.16. The smallest absolute Gasteiger partial charge is 0.230 e. The number of carbonyl (C=O) groups excluding carboxylic acids is 3. The van der Waals surface area contributed by atoms with Crippen molar-refractivity contribution in [3.63, 3.8) is 0 Å². The normalized spacial score (nSPS) is 14.7. The number of fused-ring (bicyclic) bond motifs is 1. The fourth-order valence-electron chi connectivity index (χ4n) is 1.51. The SMILES string of the molecule is CC(=O)NC1=C(Cl)C(=O)c2cccnc2C1=O. The average Bonchev–Trinajstić information content (AvgIpc) is 2.31. The topological polar surface area (TPSA) is 76.1 Å². The molecule has 1 N–H and O–H groups in total. The van der Waals surface area contributed by atoms with E-state index >= 15 is 0 Å². The molecule has 0 unspecified atom stereocenters. The van der Waals surface area contributed by atoms with Gasteiger partial charge in [0.05, 0.1) is 5.56 Å². The molecular weight excluding hydrogens is 244 g/mol. The van der Waals surface area contributed by atoms with E-state index in [9.17, 15) is 14.4 Å². The zero-order valence-corrected chi connectivity index (χ0v) is 9.54. The number of allylic oxidation sites excluding steroid dienone is 2. The number of rotatable bonds is 1. The Hall–Kier alpha value is -2.01. The minimum atomic E-state index is -0.555. The number of nitrogens with zero attached hydrogens (tertiary/aromatic N) is 1. The lowest BCUT2D eigenvalue weighted by atomic mass is 9.97. The molecule has 17 heavy (non-hydrogen) atoms. The van der Waals surface area contributed by atoms with Crippen LogP contribution in [0.15, 0.2) is 29.1 Å². The fourth-order valence-corrected chi connectivity index (χ4v) is 1.74. The third kappa shape index (κ3) is 1.85. The van der Waals surface area contributed by atoms with E-state index < -0.39 is 17.5 Å². The largest absolute Gasteiger partial charge is 0.322 e. The number of Topliss-reactive ketones (excluding diaryl/α,β-unsaturated/α-hetero) is 2. The molecule has 1 heterocycles. The van der Waals surface area contributed by atoms with Crippen LogP contribution in [0.2, 0.25) is 0 Å². The van der Waals surface area contributed by atoms with Crippen molar-refractivity contribution in [1.29, 1.82) is 0 Å². The maximum absolute atomic E-state index is 11.9. The van der Waals surface area contributed by atoms with E-state index in [0.29, 0.717) is 0 Å². The van der Waals surface area contributed by atoms with Gasteiger partial charge in [-0.2, -0.15) is 0 Å². The first-order chi connectivity index (χ1) is 8.02. The molecule has 0 spiro atoms. The molecule has 0 saturated carbocycles. The lowest BCUT2D eigenvalue weighted by Crippen LogP contribution is -2.32. The second-order valence-electron chi connectivity index (χ2n) is 3.43. The van der Waals surface area contributed by atoms with Crippen LogP contribution in [0, 0.1) is 0 Å². The van der Waals surface area contributed by atoms with Crippen molar-refractivity contribution >= 4 is 29.1 Å². The van der Waals surface area contributed by atoms with Crippen molar-refractivity contribution in [2.45, 2.75) is 6.92 Å². The Morgan fingerprint density at radius 2 is 2.06 bits per heavy atom. The Labute approximate surface area is 101 Å². The third-order valence-electron chi connectivity index (χ3n) is 2.21. The lowest BCUT2D eigenvalue weighted by molar-refractivity contribution is -0.118. The number of amides is 1. The summed E-state index contributed by atoms with van der Waals surface area (Å²) in [5, 5.41) is 1.96. The van der Waals surface area contributed by atoms with Gasteiger partial charge in [0.25, 0.3) is 0 Å². The van der Waals surface area contributed by atoms with Gasteiger partial charge < -0.3 is 5.32 Å². The van der Waals surface area contributed by atoms with Crippen molar-refractivity contribution in [2.75, 3.05) is 0 Å². The van der Waals surface area contributed by atoms with E-state index in [2.05, 4.69) is 10.3 Å². The molecule has 6 heteroatoms. The Morgan fingerprint density at radius 3 is 2.71 bits per heavy atom. The maximum Gasteiger partial charge on any atom is 0.230 e. The van der Waals surface area contributed by atoms with E-state index in [1.54, 1.807) is 0 Å².